The second-order valence-corrected chi connectivity index (χ2v) is 11.0. The van der Waals surface area contributed by atoms with E-state index in [0.717, 1.165) is 4.48 Å². The molecule has 0 aliphatic carbocycles. The van der Waals surface area contributed by atoms with Crippen LogP contribution in [-0.2, 0) is 4.79 Å². The molecule has 0 saturated carbocycles. The number of hydrogen-bond donors (Lipinski definition) is 0. The van der Waals surface area contributed by atoms with Crippen molar-refractivity contribution < 1.29 is 136 Å². The van der Waals surface area contributed by atoms with Crippen molar-refractivity contribution in [2.24, 2.45) is 0 Å². The molecule has 0 atom stereocenters. The summed E-state index contributed by atoms with van der Waals surface area (Å²) in [6.45, 7) is 3.62. The Balaban J connectivity index is -0.000000420. The van der Waals surface area contributed by atoms with Gasteiger partial charge in [0.25, 0.3) is 0 Å². The zero-order valence-corrected chi connectivity index (χ0v) is 28.9. The maximum atomic E-state index is 13.0. The average Bonchev–Trinajstić information content (AvgIpc) is 2.83. The first kappa shape index (κ1) is 52.5. The van der Waals surface area contributed by atoms with Gasteiger partial charge in [-0.25, -0.2) is 0 Å². The molecule has 274 valence electrons. The van der Waals surface area contributed by atoms with E-state index < -0.39 is 53.6 Å². The van der Waals surface area contributed by atoms with Crippen molar-refractivity contribution in [3.63, 3.8) is 0 Å². The number of carboxylic acids is 1. The number of rotatable bonds is 18. The smallest absolute Gasteiger partial charge is 1.00 e. The van der Waals surface area contributed by atoms with Crippen LogP contribution >= 0.6 is 0 Å². The van der Waals surface area contributed by atoms with Gasteiger partial charge < -0.3 is 31.4 Å². The minimum atomic E-state index is -8.79. The number of unbranched alkanes of at least 4 members (excludes halogenated alkanes) is 9. The van der Waals surface area contributed by atoms with Gasteiger partial charge in [0, 0.05) is 0 Å². The molecule has 0 unspecified atom stereocenters. The quantitative estimate of drug-likeness (QED) is 0.0927. The summed E-state index contributed by atoms with van der Waals surface area (Å²) in [4.78, 5) is 9.65. The van der Waals surface area contributed by atoms with Crippen LogP contribution in [-0.4, -0.2) is 85.8 Å². The Labute approximate surface area is 287 Å². The summed E-state index contributed by atoms with van der Waals surface area (Å²) < 4.78 is 215. The normalized spacial score (nSPS) is 14.1. The molecule has 0 spiro atoms. The number of nitrogens with zero attached hydrogens (tertiary/aromatic N) is 1. The number of halogens is 18. The van der Waals surface area contributed by atoms with Crippen LogP contribution in [0.1, 0.15) is 71.1 Å². The van der Waals surface area contributed by atoms with E-state index in [1.54, 1.807) is 0 Å². The van der Waals surface area contributed by atoms with E-state index >= 15 is 0 Å². The number of aliphatic carboxylic acids is 1. The summed E-state index contributed by atoms with van der Waals surface area (Å²) in [5.41, 5.74) is 0. The average molecular weight is 794 g/mol. The molecule has 0 aliphatic rings. The number of hydrogen-bond acceptors (Lipinski definition) is 2. The first-order valence-corrected chi connectivity index (χ1v) is 13.0. The topological polar surface area (TPSA) is 40.1 Å². The third kappa shape index (κ3) is 11.9. The monoisotopic (exact) mass is 793 g/mol. The molecule has 0 aromatic rings. The van der Waals surface area contributed by atoms with E-state index in [-0.39, 0.29) is 46.5 Å². The van der Waals surface area contributed by atoms with Gasteiger partial charge in [0.1, 0.15) is 5.97 Å². The minimum absolute atomic E-state index is 0. The van der Waals surface area contributed by atoms with Gasteiger partial charge in [0.15, 0.2) is 0 Å². The predicted molar refractivity (Wildman–Crippen MR) is 120 cm³/mol. The minimum Gasteiger partial charge on any atom is -1.00 e. The zero-order valence-electron chi connectivity index (χ0n) is 25.3. The van der Waals surface area contributed by atoms with Crippen LogP contribution in [0, 0.1) is 0 Å². The van der Waals surface area contributed by atoms with E-state index in [1.165, 1.54) is 70.8 Å². The van der Waals surface area contributed by atoms with Gasteiger partial charge in [-0.05, 0) is 12.8 Å². The summed E-state index contributed by atoms with van der Waals surface area (Å²) in [6.07, 6.45) is 6.56. The van der Waals surface area contributed by atoms with Gasteiger partial charge in [-0.2, -0.15) is 74.6 Å². The standard InChI is InChI=1S/C15H34N.C9HF17O2.BrH.Na/c1-5-6-7-8-9-10-11-12-13-14-15-16(2,3)4;10-2(11,1(27)28)3(12,13)4(14,15)5(16,17)6(18,19)7(20,21)8(22,23)9(24,25)26;;/h5-15H2,1-4H3;(H,27,28);1H;/q+1;;;+1/p-2. The maximum Gasteiger partial charge on any atom is 1.00 e. The Morgan fingerprint density at radius 2 is 0.761 bits per heavy atom. The Morgan fingerprint density at radius 3 is 1.02 bits per heavy atom. The van der Waals surface area contributed by atoms with Crippen LogP contribution in [0.15, 0.2) is 0 Å². The molecule has 0 heterocycles. The molecule has 0 aromatic carbocycles. The first-order valence-electron chi connectivity index (χ1n) is 13.0. The van der Waals surface area contributed by atoms with E-state index in [2.05, 4.69) is 28.1 Å². The van der Waals surface area contributed by atoms with Crippen LogP contribution in [0.5, 0.6) is 0 Å². The molecule has 22 heteroatoms. The second-order valence-electron chi connectivity index (χ2n) is 11.0. The summed E-state index contributed by atoms with van der Waals surface area (Å²) >= 11 is 0. The van der Waals surface area contributed by atoms with Crippen LogP contribution in [0.3, 0.4) is 0 Å². The second kappa shape index (κ2) is 18.6. The van der Waals surface area contributed by atoms with Crippen LogP contribution in [0.2, 0.25) is 0 Å². The Morgan fingerprint density at radius 1 is 0.500 bits per heavy atom. The molecular weight excluding hydrogens is 760 g/mol. The fourth-order valence-corrected chi connectivity index (χ4v) is 3.37. The molecule has 0 radical (unpaired) electrons. The molecule has 0 aromatic heterocycles. The molecule has 3 nitrogen and oxygen atoms in total. The van der Waals surface area contributed by atoms with Crippen LogP contribution < -0.4 is 51.6 Å². The molecule has 0 bridgehead atoms. The summed E-state index contributed by atoms with van der Waals surface area (Å²) in [5.74, 6) is -63.5. The molecule has 0 aliphatic heterocycles. The van der Waals surface area contributed by atoms with Gasteiger partial charge >= 0.3 is 77.2 Å². The molecule has 46 heavy (non-hydrogen) atoms. The summed E-state index contributed by atoms with van der Waals surface area (Å²) in [6, 6.07) is 0. The predicted octanol–water partition coefficient (Wildman–Crippen LogP) is 2.37. The van der Waals surface area contributed by atoms with Gasteiger partial charge in [0.2, 0.25) is 0 Å². The van der Waals surface area contributed by atoms with Crippen LogP contribution in [0.25, 0.3) is 0 Å². The zero-order chi connectivity index (χ0) is 35.9. The first-order chi connectivity index (χ1) is 19.3. The number of carbonyl (C=O) groups excluding carboxylic acids is 1. The van der Waals surface area contributed by atoms with Crippen molar-refractivity contribution in [1.82, 2.24) is 0 Å². The number of carbonyl (C=O) groups is 1. The van der Waals surface area contributed by atoms with Crippen molar-refractivity contribution in [1.29, 1.82) is 0 Å². The van der Waals surface area contributed by atoms with E-state index in [9.17, 15) is 84.5 Å². The molecular formula is C24H34BrF17NNaO2. The van der Waals surface area contributed by atoms with Gasteiger partial charge in [-0.1, -0.05) is 58.3 Å². The molecule has 0 amide bonds. The largest absolute Gasteiger partial charge is 1.00 e. The Bertz CT molecular complexity index is 895. The molecule has 0 N–H and O–H groups in total. The number of alkyl halides is 17. The van der Waals surface area contributed by atoms with E-state index in [0.29, 0.717) is 0 Å². The van der Waals surface area contributed by atoms with Gasteiger partial charge in [-0.15, -0.1) is 0 Å². The van der Waals surface area contributed by atoms with Gasteiger partial charge in [0.05, 0.1) is 27.7 Å². The maximum absolute atomic E-state index is 13.0. The van der Waals surface area contributed by atoms with Crippen molar-refractivity contribution >= 4 is 5.97 Å². The molecule has 0 fully saturated rings. The molecule has 0 rings (SSSR count). The van der Waals surface area contributed by atoms with Crippen molar-refractivity contribution in [2.45, 2.75) is 119 Å². The SMILES string of the molecule is CCCCCCCCCCCC[N+](C)(C)C.O=C([O-])C(F)(F)C(F)(F)C(F)(F)C(F)(F)C(F)(F)C(F)(F)C(F)(F)C(F)(F)F.[Br-].[Na+]. The Kier molecular flexibility index (Phi) is 21.3. The van der Waals surface area contributed by atoms with Crippen molar-refractivity contribution in [3.05, 3.63) is 0 Å². The third-order valence-corrected chi connectivity index (χ3v) is 6.16. The fourth-order valence-electron chi connectivity index (χ4n) is 3.37. The molecule has 0 saturated heterocycles. The number of quaternary nitrogens is 1. The number of carboxylic acid groups (broad SMARTS) is 1. The fraction of sp³-hybridized carbons (Fsp3) is 0.958. The summed E-state index contributed by atoms with van der Waals surface area (Å²) in [5, 5.41) is 9.65. The van der Waals surface area contributed by atoms with E-state index in [4.69, 9.17) is 0 Å². The Hall–Kier alpha value is -0.280. The van der Waals surface area contributed by atoms with Gasteiger partial charge in [-0.3, -0.25) is 0 Å². The summed E-state index contributed by atoms with van der Waals surface area (Å²) in [7, 11) is 6.86. The third-order valence-electron chi connectivity index (χ3n) is 6.16. The van der Waals surface area contributed by atoms with E-state index in [1.807, 2.05) is 0 Å². The van der Waals surface area contributed by atoms with Crippen LogP contribution in [0.4, 0.5) is 74.6 Å². The van der Waals surface area contributed by atoms with Crippen molar-refractivity contribution in [3.8, 4) is 0 Å². The van der Waals surface area contributed by atoms with Crippen molar-refractivity contribution in [2.75, 3.05) is 27.7 Å².